The van der Waals surface area contributed by atoms with Gasteiger partial charge in [0.05, 0.1) is 12.2 Å². The summed E-state index contributed by atoms with van der Waals surface area (Å²) in [7, 11) is 0. The van der Waals surface area contributed by atoms with Gasteiger partial charge in [-0.2, -0.15) is 0 Å². The summed E-state index contributed by atoms with van der Waals surface area (Å²) in [5.41, 5.74) is 1.00. The van der Waals surface area contributed by atoms with Gasteiger partial charge in [-0.05, 0) is 37.8 Å². The molecule has 0 aromatic carbocycles. The first-order valence-corrected chi connectivity index (χ1v) is 6.05. The Balaban J connectivity index is 1.71. The fourth-order valence-electron chi connectivity index (χ4n) is 2.00. The highest BCUT2D eigenvalue weighted by Crippen LogP contribution is 2.36. The smallest absolute Gasteiger partial charge is 0.226 e. The second-order valence-electron chi connectivity index (χ2n) is 4.79. The van der Waals surface area contributed by atoms with Crippen LogP contribution in [-0.4, -0.2) is 21.8 Å². The van der Waals surface area contributed by atoms with Crippen LogP contribution in [0.3, 0.4) is 0 Å². The lowest BCUT2D eigenvalue weighted by Crippen LogP contribution is -2.34. The first kappa shape index (κ1) is 9.82. The van der Waals surface area contributed by atoms with Gasteiger partial charge in [-0.1, -0.05) is 6.07 Å². The van der Waals surface area contributed by atoms with Gasteiger partial charge in [0.2, 0.25) is 5.91 Å². The van der Waals surface area contributed by atoms with Crippen molar-refractivity contribution < 1.29 is 4.79 Å². The Morgan fingerprint density at radius 2 is 2.12 bits per heavy atom. The average Bonchev–Trinajstić information content (AvgIpc) is 3.19. The predicted molar refractivity (Wildman–Crippen MR) is 60.5 cm³/mol. The summed E-state index contributed by atoms with van der Waals surface area (Å²) in [6.45, 7) is 0.695. The van der Waals surface area contributed by atoms with Gasteiger partial charge in [0.1, 0.15) is 0 Å². The van der Waals surface area contributed by atoms with Crippen LogP contribution >= 0.6 is 0 Å². The van der Waals surface area contributed by atoms with Crippen LogP contribution < -0.4 is 0 Å². The molecular formula is C13H16N2O. The van der Waals surface area contributed by atoms with Gasteiger partial charge < -0.3 is 4.90 Å². The highest BCUT2D eigenvalue weighted by Gasteiger charge is 2.39. The standard InChI is InChI=1S/C13H16N2O/c16-13(10-4-5-10)15(12-6-7-12)9-11-3-1-2-8-14-11/h1-3,8,10,12H,4-7,9H2. The maximum absolute atomic E-state index is 12.1. The fraction of sp³-hybridized carbons (Fsp3) is 0.538. The van der Waals surface area contributed by atoms with E-state index in [0.29, 0.717) is 24.4 Å². The summed E-state index contributed by atoms with van der Waals surface area (Å²) in [6, 6.07) is 6.38. The lowest BCUT2D eigenvalue weighted by Gasteiger charge is -2.21. The van der Waals surface area contributed by atoms with Crippen LogP contribution in [0.5, 0.6) is 0 Å². The highest BCUT2D eigenvalue weighted by molar-refractivity contribution is 5.81. The average molecular weight is 216 g/mol. The van der Waals surface area contributed by atoms with Gasteiger partial charge in [-0.15, -0.1) is 0 Å². The summed E-state index contributed by atoms with van der Waals surface area (Å²) in [4.78, 5) is 18.4. The molecule has 2 saturated carbocycles. The lowest BCUT2D eigenvalue weighted by molar-refractivity contribution is -0.133. The van der Waals surface area contributed by atoms with Crippen molar-refractivity contribution in [3.8, 4) is 0 Å². The van der Waals surface area contributed by atoms with Gasteiger partial charge in [-0.25, -0.2) is 0 Å². The van der Waals surface area contributed by atoms with E-state index in [0.717, 1.165) is 18.5 Å². The molecule has 1 aromatic heterocycles. The molecule has 0 atom stereocenters. The van der Waals surface area contributed by atoms with E-state index in [1.54, 1.807) is 6.20 Å². The third kappa shape index (κ3) is 2.08. The van der Waals surface area contributed by atoms with Crippen LogP contribution in [-0.2, 0) is 11.3 Å². The van der Waals surface area contributed by atoms with Crippen molar-refractivity contribution in [2.45, 2.75) is 38.3 Å². The van der Waals surface area contributed by atoms with E-state index >= 15 is 0 Å². The van der Waals surface area contributed by atoms with Crippen molar-refractivity contribution in [2.75, 3.05) is 0 Å². The summed E-state index contributed by atoms with van der Waals surface area (Å²) in [6.07, 6.45) is 6.31. The monoisotopic (exact) mass is 216 g/mol. The first-order valence-electron chi connectivity index (χ1n) is 6.05. The second kappa shape index (κ2) is 3.89. The molecular weight excluding hydrogens is 200 g/mol. The van der Waals surface area contributed by atoms with Crippen molar-refractivity contribution in [2.24, 2.45) is 5.92 Å². The largest absolute Gasteiger partial charge is 0.334 e. The van der Waals surface area contributed by atoms with E-state index in [2.05, 4.69) is 4.98 Å². The minimum atomic E-state index is 0.323. The number of hydrogen-bond donors (Lipinski definition) is 0. The van der Waals surface area contributed by atoms with E-state index in [9.17, 15) is 4.79 Å². The Labute approximate surface area is 95.5 Å². The molecule has 2 fully saturated rings. The molecule has 1 aromatic rings. The Morgan fingerprint density at radius 1 is 1.31 bits per heavy atom. The molecule has 1 amide bonds. The molecule has 0 aliphatic heterocycles. The zero-order valence-corrected chi connectivity index (χ0v) is 9.30. The molecule has 2 aliphatic rings. The quantitative estimate of drug-likeness (QED) is 0.771. The molecule has 2 aliphatic carbocycles. The van der Waals surface area contributed by atoms with E-state index in [1.165, 1.54) is 12.8 Å². The zero-order chi connectivity index (χ0) is 11.0. The lowest BCUT2D eigenvalue weighted by atomic mass is 10.3. The normalized spacial score (nSPS) is 19.5. The summed E-state index contributed by atoms with van der Waals surface area (Å²) < 4.78 is 0. The number of pyridine rings is 1. The van der Waals surface area contributed by atoms with Gasteiger partial charge in [-0.3, -0.25) is 9.78 Å². The molecule has 1 heterocycles. The van der Waals surface area contributed by atoms with Crippen LogP contribution in [0, 0.1) is 5.92 Å². The predicted octanol–water partition coefficient (Wildman–Crippen LogP) is 1.98. The van der Waals surface area contributed by atoms with Gasteiger partial charge in [0.25, 0.3) is 0 Å². The molecule has 0 saturated heterocycles. The van der Waals surface area contributed by atoms with Crippen molar-refractivity contribution in [1.29, 1.82) is 0 Å². The number of rotatable bonds is 4. The molecule has 16 heavy (non-hydrogen) atoms. The summed E-state index contributed by atoms with van der Waals surface area (Å²) in [5, 5.41) is 0. The Kier molecular flexibility index (Phi) is 2.39. The number of carbonyl (C=O) groups is 1. The van der Waals surface area contributed by atoms with Crippen molar-refractivity contribution >= 4 is 5.91 Å². The molecule has 0 radical (unpaired) electrons. The highest BCUT2D eigenvalue weighted by atomic mass is 16.2. The number of nitrogens with zero attached hydrogens (tertiary/aromatic N) is 2. The Hall–Kier alpha value is -1.38. The van der Waals surface area contributed by atoms with Crippen molar-refractivity contribution in [3.63, 3.8) is 0 Å². The maximum atomic E-state index is 12.1. The van der Waals surface area contributed by atoms with Crippen LogP contribution in [0.15, 0.2) is 24.4 Å². The van der Waals surface area contributed by atoms with E-state index < -0.39 is 0 Å². The number of amides is 1. The van der Waals surface area contributed by atoms with Crippen molar-refractivity contribution in [1.82, 2.24) is 9.88 Å². The topological polar surface area (TPSA) is 33.2 Å². The van der Waals surface area contributed by atoms with Crippen LogP contribution in [0.4, 0.5) is 0 Å². The molecule has 0 unspecified atom stereocenters. The van der Waals surface area contributed by atoms with Crippen molar-refractivity contribution in [3.05, 3.63) is 30.1 Å². The fourth-order valence-corrected chi connectivity index (χ4v) is 2.00. The SMILES string of the molecule is O=C(C1CC1)N(Cc1ccccn1)C1CC1. The van der Waals surface area contributed by atoms with Crippen LogP contribution in [0.25, 0.3) is 0 Å². The summed E-state index contributed by atoms with van der Waals surface area (Å²) >= 11 is 0. The van der Waals surface area contributed by atoms with E-state index in [4.69, 9.17) is 0 Å². The number of carbonyl (C=O) groups excluding carboxylic acids is 1. The van der Waals surface area contributed by atoms with Gasteiger partial charge >= 0.3 is 0 Å². The molecule has 3 nitrogen and oxygen atoms in total. The third-order valence-electron chi connectivity index (χ3n) is 3.26. The molecule has 3 rings (SSSR count). The summed E-state index contributed by atoms with van der Waals surface area (Å²) in [5.74, 6) is 0.678. The van der Waals surface area contributed by atoms with Gasteiger partial charge in [0.15, 0.2) is 0 Å². The first-order chi connectivity index (χ1) is 7.84. The minimum Gasteiger partial charge on any atom is -0.334 e. The second-order valence-corrected chi connectivity index (χ2v) is 4.79. The third-order valence-corrected chi connectivity index (χ3v) is 3.26. The van der Waals surface area contributed by atoms with Crippen LogP contribution in [0.1, 0.15) is 31.4 Å². The molecule has 84 valence electrons. The molecule has 0 spiro atoms. The zero-order valence-electron chi connectivity index (χ0n) is 9.30. The Bertz CT molecular complexity index is 382. The Morgan fingerprint density at radius 3 is 2.69 bits per heavy atom. The minimum absolute atomic E-state index is 0.323. The number of hydrogen-bond acceptors (Lipinski definition) is 2. The van der Waals surface area contributed by atoms with Crippen LogP contribution in [0.2, 0.25) is 0 Å². The molecule has 3 heteroatoms. The number of aromatic nitrogens is 1. The molecule has 0 N–H and O–H groups in total. The maximum Gasteiger partial charge on any atom is 0.226 e. The molecule has 0 bridgehead atoms. The van der Waals surface area contributed by atoms with E-state index in [-0.39, 0.29) is 0 Å². The van der Waals surface area contributed by atoms with E-state index in [1.807, 2.05) is 23.1 Å². The van der Waals surface area contributed by atoms with Gasteiger partial charge in [0, 0.05) is 18.2 Å².